The van der Waals surface area contributed by atoms with Gasteiger partial charge < -0.3 is 10.2 Å². The first-order valence-corrected chi connectivity index (χ1v) is 10.3. The number of piperidine rings is 1. The van der Waals surface area contributed by atoms with E-state index in [0.717, 1.165) is 52.3 Å². The van der Waals surface area contributed by atoms with Gasteiger partial charge in [-0.3, -0.25) is 0 Å². The molecule has 0 saturated carbocycles. The summed E-state index contributed by atoms with van der Waals surface area (Å²) in [4.78, 5) is 19.8. The van der Waals surface area contributed by atoms with Crippen LogP contribution in [0.5, 0.6) is 0 Å². The molecule has 0 spiro atoms. The third kappa shape index (κ3) is 3.43. The highest BCUT2D eigenvalue weighted by atomic mass is 32.2. The monoisotopic (exact) mass is 383 g/mol. The first-order chi connectivity index (χ1) is 12.8. The minimum Gasteiger partial charge on any atom is -0.366 e. The number of thioether (sulfide) groups is 1. The molecule has 0 aliphatic carbocycles. The van der Waals surface area contributed by atoms with E-state index in [4.69, 9.17) is 5.26 Å². The molecule has 1 fully saturated rings. The van der Waals surface area contributed by atoms with Crippen LogP contribution in [0.4, 0.5) is 11.6 Å². The van der Waals surface area contributed by atoms with Crippen LogP contribution in [0.1, 0.15) is 18.4 Å². The first kappa shape index (κ1) is 17.0. The average molecular weight is 384 g/mol. The lowest BCUT2D eigenvalue weighted by molar-refractivity contribution is 0.523. The number of hydrogen-bond donors (Lipinski definition) is 1. The second-order valence-corrected chi connectivity index (χ2v) is 8.03. The number of thiazole rings is 1. The molecule has 0 unspecified atom stereocenters. The lowest BCUT2D eigenvalue weighted by Crippen LogP contribution is -2.39. The second-order valence-electron chi connectivity index (χ2n) is 5.98. The van der Waals surface area contributed by atoms with Crippen molar-refractivity contribution < 1.29 is 0 Å². The summed E-state index contributed by atoms with van der Waals surface area (Å²) >= 11 is 3.26. The molecule has 26 heavy (non-hydrogen) atoms. The predicted molar refractivity (Wildman–Crippen MR) is 105 cm³/mol. The van der Waals surface area contributed by atoms with Crippen molar-refractivity contribution in [3.63, 3.8) is 0 Å². The van der Waals surface area contributed by atoms with Crippen molar-refractivity contribution in [1.82, 2.24) is 19.9 Å². The van der Waals surface area contributed by atoms with E-state index in [9.17, 15) is 0 Å². The standard InChI is InChI=1S/C17H17N7S2/c1-25-17-23-16-14(26-17)15(20-10-21-16)22-12-4-6-24(7-5-12)13-3-2-11(8-18)9-19-13/h2-3,9-10,12H,4-7H2,1H3,(H,20,21,22). The molecule has 3 aromatic rings. The van der Waals surface area contributed by atoms with Gasteiger partial charge in [-0.1, -0.05) is 11.8 Å². The third-order valence-corrected chi connectivity index (χ3v) is 6.42. The van der Waals surface area contributed by atoms with E-state index in [1.54, 1.807) is 35.6 Å². The number of anilines is 2. The van der Waals surface area contributed by atoms with E-state index >= 15 is 0 Å². The van der Waals surface area contributed by atoms with E-state index in [-0.39, 0.29) is 0 Å². The van der Waals surface area contributed by atoms with Gasteiger partial charge in [0.2, 0.25) is 0 Å². The molecule has 3 aromatic heterocycles. The van der Waals surface area contributed by atoms with Crippen molar-refractivity contribution in [2.24, 2.45) is 0 Å². The number of hydrogen-bond acceptors (Lipinski definition) is 9. The molecule has 0 bridgehead atoms. The van der Waals surface area contributed by atoms with Gasteiger partial charge in [0.15, 0.2) is 9.99 Å². The molecule has 1 saturated heterocycles. The van der Waals surface area contributed by atoms with Crippen LogP contribution >= 0.6 is 23.1 Å². The van der Waals surface area contributed by atoms with Crippen LogP contribution in [-0.2, 0) is 0 Å². The zero-order valence-electron chi connectivity index (χ0n) is 14.2. The third-order valence-electron chi connectivity index (χ3n) is 4.38. The summed E-state index contributed by atoms with van der Waals surface area (Å²) in [5, 5.41) is 12.5. The molecular formula is C17H17N7S2. The van der Waals surface area contributed by atoms with Crippen molar-refractivity contribution >= 4 is 45.1 Å². The van der Waals surface area contributed by atoms with E-state index in [1.807, 2.05) is 18.4 Å². The molecule has 1 aliphatic rings. The summed E-state index contributed by atoms with van der Waals surface area (Å²) in [6.07, 6.45) is 7.22. The number of aromatic nitrogens is 4. The van der Waals surface area contributed by atoms with E-state index < -0.39 is 0 Å². The van der Waals surface area contributed by atoms with Gasteiger partial charge >= 0.3 is 0 Å². The summed E-state index contributed by atoms with van der Waals surface area (Å²) in [6, 6.07) is 6.20. The molecule has 7 nitrogen and oxygen atoms in total. The lowest BCUT2D eigenvalue weighted by Gasteiger charge is -2.33. The van der Waals surface area contributed by atoms with E-state index in [1.165, 1.54) is 0 Å². The smallest absolute Gasteiger partial charge is 0.176 e. The van der Waals surface area contributed by atoms with Gasteiger partial charge in [0.1, 0.15) is 28.7 Å². The maximum atomic E-state index is 8.88. The molecule has 1 N–H and O–H groups in total. The summed E-state index contributed by atoms with van der Waals surface area (Å²) < 4.78 is 2.03. The molecule has 0 aromatic carbocycles. The fraction of sp³-hybridized carbons (Fsp3) is 0.353. The number of pyridine rings is 1. The molecule has 4 heterocycles. The SMILES string of the molecule is CSc1nc2ncnc(NC3CCN(c4ccc(C#N)cn4)CC3)c2s1. The zero-order valence-corrected chi connectivity index (χ0v) is 15.8. The van der Waals surface area contributed by atoms with Crippen LogP contribution in [0.2, 0.25) is 0 Å². The van der Waals surface area contributed by atoms with Gasteiger partial charge in [0.05, 0.1) is 5.56 Å². The highest BCUT2D eigenvalue weighted by Gasteiger charge is 2.21. The minimum atomic E-state index is 0.363. The Balaban J connectivity index is 1.42. The van der Waals surface area contributed by atoms with Crippen molar-refractivity contribution in [1.29, 1.82) is 5.26 Å². The fourth-order valence-corrected chi connectivity index (χ4v) is 4.48. The van der Waals surface area contributed by atoms with Crippen LogP contribution in [0.3, 0.4) is 0 Å². The average Bonchev–Trinajstić information content (AvgIpc) is 3.13. The van der Waals surface area contributed by atoms with Gasteiger partial charge in [-0.05, 0) is 31.2 Å². The Kier molecular flexibility index (Phi) is 4.86. The molecular weight excluding hydrogens is 366 g/mol. The summed E-state index contributed by atoms with van der Waals surface area (Å²) in [5.41, 5.74) is 1.35. The van der Waals surface area contributed by atoms with Crippen LogP contribution in [0.15, 0.2) is 29.0 Å². The Morgan fingerprint density at radius 3 is 2.81 bits per heavy atom. The van der Waals surface area contributed by atoms with Crippen molar-refractivity contribution in [3.8, 4) is 6.07 Å². The lowest BCUT2D eigenvalue weighted by atomic mass is 10.0. The maximum Gasteiger partial charge on any atom is 0.176 e. The molecule has 4 rings (SSSR count). The Hall–Kier alpha value is -2.44. The molecule has 132 valence electrons. The van der Waals surface area contributed by atoms with Crippen LogP contribution in [0.25, 0.3) is 10.3 Å². The van der Waals surface area contributed by atoms with Crippen molar-refractivity contribution in [2.45, 2.75) is 23.2 Å². The second kappa shape index (κ2) is 7.43. The van der Waals surface area contributed by atoms with Crippen LogP contribution in [-0.4, -0.2) is 45.3 Å². The molecule has 0 atom stereocenters. The number of fused-ring (bicyclic) bond motifs is 1. The minimum absolute atomic E-state index is 0.363. The normalized spacial score (nSPS) is 15.2. The zero-order chi connectivity index (χ0) is 17.9. The highest BCUT2D eigenvalue weighted by Crippen LogP contribution is 2.32. The Morgan fingerprint density at radius 1 is 1.27 bits per heavy atom. The molecule has 0 amide bonds. The van der Waals surface area contributed by atoms with E-state index in [0.29, 0.717) is 11.6 Å². The first-order valence-electron chi connectivity index (χ1n) is 8.30. The van der Waals surface area contributed by atoms with Gasteiger partial charge in [-0.15, -0.1) is 11.3 Å². The highest BCUT2D eigenvalue weighted by molar-refractivity contribution is 8.00. The number of nitriles is 1. The molecule has 9 heteroatoms. The van der Waals surface area contributed by atoms with Crippen molar-refractivity contribution in [2.75, 3.05) is 29.6 Å². The van der Waals surface area contributed by atoms with Gasteiger partial charge in [0.25, 0.3) is 0 Å². The van der Waals surface area contributed by atoms with Gasteiger partial charge in [-0.25, -0.2) is 19.9 Å². The van der Waals surface area contributed by atoms with E-state index in [2.05, 4.69) is 36.2 Å². The Morgan fingerprint density at radius 2 is 2.12 bits per heavy atom. The van der Waals surface area contributed by atoms with Crippen LogP contribution in [0, 0.1) is 11.3 Å². The van der Waals surface area contributed by atoms with Gasteiger partial charge in [0, 0.05) is 25.3 Å². The van der Waals surface area contributed by atoms with Gasteiger partial charge in [-0.2, -0.15) is 5.26 Å². The molecule has 1 aliphatic heterocycles. The molecule has 0 radical (unpaired) electrons. The summed E-state index contributed by atoms with van der Waals surface area (Å²) in [5.74, 6) is 1.81. The topological polar surface area (TPSA) is 90.6 Å². The summed E-state index contributed by atoms with van der Waals surface area (Å²) in [6.45, 7) is 1.84. The predicted octanol–water partition coefficient (Wildman–Crippen LogP) is 3.16. The maximum absolute atomic E-state index is 8.88. The summed E-state index contributed by atoms with van der Waals surface area (Å²) in [7, 11) is 0. The number of rotatable bonds is 4. The van der Waals surface area contributed by atoms with Crippen LogP contribution < -0.4 is 10.2 Å². The fourth-order valence-electron chi connectivity index (χ4n) is 3.01. The van der Waals surface area contributed by atoms with Crippen molar-refractivity contribution in [3.05, 3.63) is 30.2 Å². The Bertz CT molecular complexity index is 940. The Labute approximate surface area is 159 Å². The largest absolute Gasteiger partial charge is 0.366 e. The number of nitrogens with zero attached hydrogens (tertiary/aromatic N) is 6. The quantitative estimate of drug-likeness (QED) is 0.687. The number of nitrogens with one attached hydrogen (secondary N) is 1.